The van der Waals surface area contributed by atoms with Gasteiger partial charge in [0.25, 0.3) is 0 Å². The fourth-order valence-corrected chi connectivity index (χ4v) is 6.18. The van der Waals surface area contributed by atoms with E-state index in [-0.39, 0.29) is 45.6 Å². The van der Waals surface area contributed by atoms with Gasteiger partial charge in [0.1, 0.15) is 60.3 Å². The van der Waals surface area contributed by atoms with Crippen molar-refractivity contribution in [3.63, 3.8) is 0 Å². The summed E-state index contributed by atoms with van der Waals surface area (Å²) in [6.07, 6.45) is -15.0. The second kappa shape index (κ2) is 17.4. The molecule has 58 heavy (non-hydrogen) atoms. The van der Waals surface area contributed by atoms with Crippen LogP contribution < -0.4 is 19.6 Å². The molecule has 3 heterocycles. The van der Waals surface area contributed by atoms with E-state index >= 15 is 0 Å². The smallest absolute Gasteiger partial charge is 0.507 e. The van der Waals surface area contributed by atoms with E-state index in [4.69, 9.17) is 37.6 Å². The zero-order valence-electron chi connectivity index (χ0n) is 30.6. The summed E-state index contributed by atoms with van der Waals surface area (Å²) in [6.45, 7) is -1.26. The molecular formula is C38H41O20+. The lowest BCUT2D eigenvalue weighted by Gasteiger charge is -2.42. The first-order valence-electron chi connectivity index (χ1n) is 17.4. The Labute approximate surface area is 327 Å². The molecule has 0 amide bonds. The Morgan fingerprint density at radius 1 is 0.707 bits per heavy atom. The molecule has 0 bridgehead atoms. The van der Waals surface area contributed by atoms with Gasteiger partial charge in [-0.3, -0.25) is 4.79 Å². The zero-order chi connectivity index (χ0) is 42.0. The summed E-state index contributed by atoms with van der Waals surface area (Å²) in [6, 6.07) is 9.67. The number of aliphatic hydroxyl groups excluding tert-OH is 6. The van der Waals surface area contributed by atoms with Crippen LogP contribution in [0.1, 0.15) is 5.56 Å². The highest BCUT2D eigenvalue weighted by atomic mass is 16.7. The minimum absolute atomic E-state index is 0.0181. The Balaban J connectivity index is 1.14. The largest absolute Gasteiger partial charge is 0.510 e. The lowest BCUT2D eigenvalue weighted by Crippen LogP contribution is -2.62. The number of benzene rings is 3. The van der Waals surface area contributed by atoms with Crippen LogP contribution in [0, 0.1) is 0 Å². The topological polar surface area (TPSA) is 319 Å². The van der Waals surface area contributed by atoms with Crippen molar-refractivity contribution in [3.8, 4) is 62.9 Å². The second-order valence-electron chi connectivity index (χ2n) is 13.2. The molecule has 0 spiro atoms. The zero-order valence-corrected chi connectivity index (χ0v) is 30.6. The van der Waals surface area contributed by atoms with Gasteiger partial charge in [0.15, 0.2) is 46.2 Å². The molecule has 20 nitrogen and oxygen atoms in total. The van der Waals surface area contributed by atoms with Crippen LogP contribution in [0.2, 0.25) is 0 Å². The van der Waals surface area contributed by atoms with Gasteiger partial charge in [-0.1, -0.05) is 0 Å². The number of rotatable bonds is 12. The van der Waals surface area contributed by atoms with Crippen molar-refractivity contribution in [2.24, 2.45) is 0 Å². The number of methoxy groups -OCH3 is 2. The monoisotopic (exact) mass is 817 g/mol. The highest BCUT2D eigenvalue weighted by Gasteiger charge is 2.49. The van der Waals surface area contributed by atoms with E-state index in [2.05, 4.69) is 0 Å². The third-order valence-corrected chi connectivity index (χ3v) is 9.36. The molecule has 0 radical (unpaired) electrons. The predicted molar refractivity (Wildman–Crippen MR) is 195 cm³/mol. The third kappa shape index (κ3) is 8.74. The summed E-state index contributed by atoms with van der Waals surface area (Å²) in [5.41, 5.74) is -0.0872. The molecule has 2 fully saturated rings. The van der Waals surface area contributed by atoms with E-state index in [0.29, 0.717) is 5.56 Å². The highest BCUT2D eigenvalue weighted by molar-refractivity contribution is 5.88. The normalized spacial score (nSPS) is 27.4. The van der Waals surface area contributed by atoms with Crippen molar-refractivity contribution in [1.29, 1.82) is 0 Å². The van der Waals surface area contributed by atoms with E-state index in [1.54, 1.807) is 0 Å². The number of carbonyl (C=O) groups excluding carboxylic acids is 1. The van der Waals surface area contributed by atoms with Crippen molar-refractivity contribution in [2.45, 2.75) is 61.4 Å². The molecule has 10 atom stereocenters. The quantitative estimate of drug-likeness (QED) is 0.0373. The molecule has 1 aliphatic carbocycles. The van der Waals surface area contributed by atoms with Gasteiger partial charge in [-0.15, -0.1) is 0 Å². The predicted octanol–water partition coefficient (Wildman–Crippen LogP) is -0.506. The van der Waals surface area contributed by atoms with Crippen LogP contribution in [0.4, 0.5) is 0 Å². The average Bonchev–Trinajstić information content (AvgIpc) is 3.20. The summed E-state index contributed by atoms with van der Waals surface area (Å²) in [5, 5.41) is 105. The number of aromatic hydroxyl groups is 4. The van der Waals surface area contributed by atoms with Gasteiger partial charge in [-0.2, -0.15) is 0 Å². The second-order valence-corrected chi connectivity index (χ2v) is 13.2. The van der Waals surface area contributed by atoms with E-state index in [1.165, 1.54) is 44.6 Å². The summed E-state index contributed by atoms with van der Waals surface area (Å²) >= 11 is 0. The molecule has 0 aromatic heterocycles. The van der Waals surface area contributed by atoms with Crippen LogP contribution in [0.15, 0.2) is 63.8 Å². The van der Waals surface area contributed by atoms with Crippen LogP contribution in [-0.4, -0.2) is 151 Å². The van der Waals surface area contributed by atoms with Crippen LogP contribution in [0.3, 0.4) is 0 Å². The minimum atomic E-state index is -1.93. The van der Waals surface area contributed by atoms with E-state index in [9.17, 15) is 60.7 Å². The van der Waals surface area contributed by atoms with Crippen molar-refractivity contribution >= 4 is 12.0 Å². The Morgan fingerprint density at radius 3 is 1.97 bits per heavy atom. The third-order valence-electron chi connectivity index (χ3n) is 9.36. The van der Waals surface area contributed by atoms with Crippen molar-refractivity contribution in [2.75, 3.05) is 27.4 Å². The fourth-order valence-electron chi connectivity index (χ4n) is 6.18. The first-order chi connectivity index (χ1) is 27.6. The number of phenolic OH excluding ortho intramolecular Hbond substituents is 4. The summed E-state index contributed by atoms with van der Waals surface area (Å²) < 4.78 is 44.2. The van der Waals surface area contributed by atoms with E-state index in [1.807, 2.05) is 0 Å². The molecule has 4 aliphatic rings. The van der Waals surface area contributed by atoms with Crippen LogP contribution in [-0.2, 0) is 18.9 Å². The highest BCUT2D eigenvalue weighted by Crippen LogP contribution is 2.43. The summed E-state index contributed by atoms with van der Waals surface area (Å²) in [7, 11) is 2.68. The standard InChI is InChI=1S/C38H40O20/c1-51-23-7-15(8-24(52-2)29(23)44)3-6-28(43)53-13-26-30(45)32(47)34(49)37(57-26)54-14-27-31(46)33(48)35(50)38(58-27)56-25-12-18-20(41)10-17(39)11-22(18)55-36(25)16-4-5-19(40)21(42)9-16/h3-12,26-27,30-35,37-38,40-42,44-50H,13-14H2,1-2H3/p+1. The molecule has 20 heteroatoms. The molecule has 11 N–H and O–H groups in total. The number of aliphatic hydroxyl groups is 6. The Morgan fingerprint density at radius 2 is 1.33 bits per heavy atom. The fraction of sp³-hybridized carbons (Fsp3) is 0.368. The van der Waals surface area contributed by atoms with Crippen LogP contribution in [0.25, 0.3) is 28.7 Å². The average molecular weight is 818 g/mol. The maximum absolute atomic E-state index is 12.1. The first-order valence-corrected chi connectivity index (χ1v) is 17.4. The molecule has 3 aliphatic heterocycles. The van der Waals surface area contributed by atoms with Gasteiger partial charge in [0, 0.05) is 17.7 Å². The molecule has 2 aromatic carbocycles. The van der Waals surface area contributed by atoms with Crippen molar-refractivity contribution in [1.82, 2.24) is 0 Å². The number of phenols is 4. The maximum atomic E-state index is 12.1. The van der Waals surface area contributed by atoms with Gasteiger partial charge in [0.05, 0.1) is 32.5 Å². The Kier molecular flexibility index (Phi) is 12.6. The number of fused-ring (bicyclic) bond motifs is 1. The Bertz CT molecular complexity index is 2130. The van der Waals surface area contributed by atoms with Gasteiger partial charge in [0.2, 0.25) is 18.6 Å². The lowest BCUT2D eigenvalue weighted by atomic mass is 9.98. The molecule has 2 aromatic rings. The van der Waals surface area contributed by atoms with Crippen molar-refractivity contribution < 1.29 is 93.4 Å². The van der Waals surface area contributed by atoms with E-state index in [0.717, 1.165) is 30.3 Å². The molecule has 312 valence electrons. The van der Waals surface area contributed by atoms with Gasteiger partial charge < -0.3 is 93.4 Å². The molecule has 2 saturated heterocycles. The van der Waals surface area contributed by atoms with Crippen molar-refractivity contribution in [3.05, 3.63) is 70.4 Å². The summed E-state index contributed by atoms with van der Waals surface area (Å²) in [4.78, 5) is 22.4. The Hall–Kier alpha value is -5.68. The van der Waals surface area contributed by atoms with Gasteiger partial charge in [-0.25, -0.2) is 0 Å². The van der Waals surface area contributed by atoms with E-state index < -0.39 is 103 Å². The van der Waals surface area contributed by atoms with Crippen LogP contribution >= 0.6 is 0 Å². The number of esters is 1. The molecule has 0 saturated carbocycles. The number of hydrogen-bond acceptors (Lipinski definition) is 19. The minimum Gasteiger partial charge on any atom is -0.507 e. The molecular weight excluding hydrogens is 776 g/mol. The van der Waals surface area contributed by atoms with Gasteiger partial charge >= 0.3 is 5.97 Å². The first kappa shape index (κ1) is 41.9. The lowest BCUT2D eigenvalue weighted by molar-refractivity contribution is -0.322. The maximum Gasteiger partial charge on any atom is 0.510 e. The summed E-state index contributed by atoms with van der Waals surface area (Å²) in [5.74, 6) is -2.76. The molecule has 6 rings (SSSR count). The molecule has 10 unspecified atom stereocenters. The number of ether oxygens (including phenoxy) is 7. The van der Waals surface area contributed by atoms with Gasteiger partial charge in [-0.05, 0) is 48.0 Å². The van der Waals surface area contributed by atoms with Crippen LogP contribution in [0.5, 0.6) is 40.2 Å². The SMILES string of the molecule is COc1cc(C=CC(=[OH+])OCC2OC(OCC3OC(Oc4cc5c(O)cc(=O)cc-5oc4-c4ccc(O)c(O)c4)C(O)C(O)C3O)C(O)C(O)C2O)cc(OC)c1O. The number of hydrogen-bond donors (Lipinski definition) is 10.